The first kappa shape index (κ1) is 20.8. The molecule has 4 heteroatoms. The van der Waals surface area contributed by atoms with Crippen molar-refractivity contribution in [3.63, 3.8) is 0 Å². The molecule has 0 aliphatic rings. The smallest absolute Gasteiger partial charge is 0.132 e. The molecule has 0 fully saturated rings. The van der Waals surface area contributed by atoms with Gasteiger partial charge in [-0.05, 0) is 75.6 Å². The molecule has 4 N–H and O–H groups in total. The van der Waals surface area contributed by atoms with Crippen molar-refractivity contribution >= 4 is 11.4 Å². The summed E-state index contributed by atoms with van der Waals surface area (Å²) in [5, 5.41) is 27.2. The largest absolute Gasteiger partial charge is 0.371 e. The van der Waals surface area contributed by atoms with Gasteiger partial charge in [0.2, 0.25) is 0 Å². The lowest BCUT2D eigenvalue weighted by molar-refractivity contribution is 0.0737. The highest BCUT2D eigenvalue weighted by Gasteiger charge is 2.21. The van der Waals surface area contributed by atoms with E-state index in [1.54, 1.807) is 13.8 Å². The van der Waals surface area contributed by atoms with Crippen LogP contribution in [-0.4, -0.2) is 21.7 Å². The van der Waals surface area contributed by atoms with Crippen LogP contribution in [0.2, 0.25) is 0 Å². The maximum Gasteiger partial charge on any atom is 0.132 e. The van der Waals surface area contributed by atoms with Crippen LogP contribution in [0.1, 0.15) is 67.2 Å². The summed E-state index contributed by atoms with van der Waals surface area (Å²) in [4.78, 5) is 0. The highest BCUT2D eigenvalue weighted by molar-refractivity contribution is 5.54. The van der Waals surface area contributed by atoms with E-state index in [0.717, 1.165) is 24.2 Å². The number of rotatable bonds is 10. The summed E-state index contributed by atoms with van der Waals surface area (Å²) >= 11 is 0. The third-order valence-electron chi connectivity index (χ3n) is 4.13. The maximum absolute atomic E-state index is 10.4. The molecule has 1 aromatic rings. The molecule has 0 radical (unpaired) electrons. The minimum atomic E-state index is -0.915. The van der Waals surface area contributed by atoms with E-state index in [9.17, 15) is 10.2 Å². The molecule has 0 aliphatic heterocycles. The Morgan fingerprint density at radius 1 is 0.750 bits per heavy atom. The van der Waals surface area contributed by atoms with Gasteiger partial charge in [0.15, 0.2) is 0 Å². The molecule has 0 saturated carbocycles. The molecule has 138 valence electrons. The van der Waals surface area contributed by atoms with Gasteiger partial charge in [0.05, 0.1) is 0 Å². The summed E-state index contributed by atoms with van der Waals surface area (Å²) in [5.41, 5.74) is -0.0866. The fourth-order valence-electron chi connectivity index (χ4n) is 2.52. The third kappa shape index (κ3) is 8.55. The second kappa shape index (κ2) is 8.72. The Balaban J connectivity index is 2.59. The first-order chi connectivity index (χ1) is 11.0. The fraction of sp³-hybridized carbons (Fsp3) is 0.700. The lowest BCUT2D eigenvalue weighted by atomic mass is 10.0. The molecule has 0 heterocycles. The molecule has 0 saturated heterocycles. The highest BCUT2D eigenvalue weighted by Crippen LogP contribution is 2.24. The van der Waals surface area contributed by atoms with Crippen LogP contribution in [-0.2, 0) is 0 Å². The van der Waals surface area contributed by atoms with Crippen LogP contribution >= 0.6 is 0 Å². The van der Waals surface area contributed by atoms with E-state index in [4.69, 9.17) is 0 Å². The van der Waals surface area contributed by atoms with Crippen LogP contribution in [0.3, 0.4) is 0 Å². The van der Waals surface area contributed by atoms with Crippen molar-refractivity contribution in [2.75, 3.05) is 10.6 Å². The number of anilines is 2. The standard InChI is InChI=1S/C20H36N2O2/c1-15(2)11-13-19(5,23)21-17-7-9-18(10-8-17)22-20(6,24)14-12-16(3)4/h7-10,15-16,21-24H,11-14H2,1-6H3. The van der Waals surface area contributed by atoms with Gasteiger partial charge in [0.1, 0.15) is 11.4 Å². The van der Waals surface area contributed by atoms with Crippen molar-refractivity contribution in [3.05, 3.63) is 24.3 Å². The van der Waals surface area contributed by atoms with Gasteiger partial charge in [0, 0.05) is 11.4 Å². The summed E-state index contributed by atoms with van der Waals surface area (Å²) in [6.45, 7) is 12.2. The summed E-state index contributed by atoms with van der Waals surface area (Å²) in [6, 6.07) is 7.69. The second-order valence-electron chi connectivity index (χ2n) is 8.24. The number of nitrogens with one attached hydrogen (secondary N) is 2. The Morgan fingerprint density at radius 3 is 1.29 bits per heavy atom. The van der Waals surface area contributed by atoms with Crippen molar-refractivity contribution in [1.82, 2.24) is 0 Å². The Hall–Kier alpha value is -1.26. The number of hydrogen-bond donors (Lipinski definition) is 4. The van der Waals surface area contributed by atoms with E-state index in [1.807, 2.05) is 24.3 Å². The normalized spacial score (nSPS) is 16.8. The van der Waals surface area contributed by atoms with Crippen LogP contribution in [0, 0.1) is 11.8 Å². The molecule has 2 unspecified atom stereocenters. The lowest BCUT2D eigenvalue weighted by Gasteiger charge is -2.28. The Bertz CT molecular complexity index is 434. The van der Waals surface area contributed by atoms with Gasteiger partial charge >= 0.3 is 0 Å². The predicted molar refractivity (Wildman–Crippen MR) is 103 cm³/mol. The molecular weight excluding hydrogens is 300 g/mol. The van der Waals surface area contributed by atoms with E-state index in [0.29, 0.717) is 24.7 Å². The molecule has 1 aromatic carbocycles. The Labute approximate surface area is 147 Å². The zero-order valence-corrected chi connectivity index (χ0v) is 16.2. The van der Waals surface area contributed by atoms with E-state index in [1.165, 1.54) is 0 Å². The van der Waals surface area contributed by atoms with Crippen LogP contribution < -0.4 is 10.6 Å². The monoisotopic (exact) mass is 336 g/mol. The van der Waals surface area contributed by atoms with E-state index < -0.39 is 11.4 Å². The first-order valence-electron chi connectivity index (χ1n) is 9.10. The molecule has 0 bridgehead atoms. The van der Waals surface area contributed by atoms with Gasteiger partial charge < -0.3 is 20.8 Å². The molecule has 0 amide bonds. The van der Waals surface area contributed by atoms with Gasteiger partial charge in [-0.3, -0.25) is 0 Å². The lowest BCUT2D eigenvalue weighted by Crippen LogP contribution is -2.35. The SMILES string of the molecule is CC(C)CCC(C)(O)Nc1ccc(NC(C)(O)CCC(C)C)cc1. The molecule has 1 rings (SSSR count). The van der Waals surface area contributed by atoms with Crippen LogP contribution in [0.4, 0.5) is 11.4 Å². The van der Waals surface area contributed by atoms with E-state index >= 15 is 0 Å². The molecule has 24 heavy (non-hydrogen) atoms. The molecule has 0 aliphatic carbocycles. The topological polar surface area (TPSA) is 64.5 Å². The Kier molecular flexibility index (Phi) is 7.56. The van der Waals surface area contributed by atoms with Crippen LogP contribution in [0.5, 0.6) is 0 Å². The average Bonchev–Trinajstić information content (AvgIpc) is 2.45. The maximum atomic E-state index is 10.4. The quantitative estimate of drug-likeness (QED) is 0.463. The summed E-state index contributed by atoms with van der Waals surface area (Å²) < 4.78 is 0. The predicted octanol–water partition coefficient (Wildman–Crippen LogP) is 4.80. The van der Waals surface area contributed by atoms with Crippen LogP contribution in [0.15, 0.2) is 24.3 Å². The van der Waals surface area contributed by atoms with Gasteiger partial charge in [-0.25, -0.2) is 0 Å². The van der Waals surface area contributed by atoms with Crippen molar-refractivity contribution < 1.29 is 10.2 Å². The molecule has 0 spiro atoms. The first-order valence-corrected chi connectivity index (χ1v) is 9.10. The van der Waals surface area contributed by atoms with Gasteiger partial charge in [-0.1, -0.05) is 27.7 Å². The zero-order chi connectivity index (χ0) is 18.4. The van der Waals surface area contributed by atoms with Gasteiger partial charge in [-0.15, -0.1) is 0 Å². The second-order valence-corrected chi connectivity index (χ2v) is 8.24. The highest BCUT2D eigenvalue weighted by atomic mass is 16.3. The zero-order valence-electron chi connectivity index (χ0n) is 16.2. The summed E-state index contributed by atoms with van der Waals surface area (Å²) in [5.74, 6) is 1.14. The number of hydrogen-bond acceptors (Lipinski definition) is 4. The van der Waals surface area contributed by atoms with Crippen molar-refractivity contribution in [3.8, 4) is 0 Å². The van der Waals surface area contributed by atoms with Gasteiger partial charge in [-0.2, -0.15) is 0 Å². The van der Waals surface area contributed by atoms with E-state index in [-0.39, 0.29) is 0 Å². The minimum absolute atomic E-state index is 0.568. The van der Waals surface area contributed by atoms with Crippen molar-refractivity contribution in [2.45, 2.75) is 78.7 Å². The van der Waals surface area contributed by atoms with Crippen molar-refractivity contribution in [1.29, 1.82) is 0 Å². The number of benzene rings is 1. The third-order valence-corrected chi connectivity index (χ3v) is 4.13. The average molecular weight is 337 g/mol. The van der Waals surface area contributed by atoms with E-state index in [2.05, 4.69) is 38.3 Å². The van der Waals surface area contributed by atoms with Gasteiger partial charge in [0.25, 0.3) is 0 Å². The summed E-state index contributed by atoms with van der Waals surface area (Å²) in [6.07, 6.45) is 3.35. The minimum Gasteiger partial charge on any atom is -0.371 e. The fourth-order valence-corrected chi connectivity index (χ4v) is 2.52. The van der Waals surface area contributed by atoms with Crippen LogP contribution in [0.25, 0.3) is 0 Å². The molecule has 0 aromatic heterocycles. The summed E-state index contributed by atoms with van der Waals surface area (Å²) in [7, 11) is 0. The molecule has 2 atom stereocenters. The van der Waals surface area contributed by atoms with Crippen molar-refractivity contribution in [2.24, 2.45) is 11.8 Å². The molecular formula is C20H36N2O2. The number of aliphatic hydroxyl groups is 2. The Morgan fingerprint density at radius 2 is 1.04 bits per heavy atom. The molecule has 4 nitrogen and oxygen atoms in total.